The minimum Gasteiger partial charge on any atom is -0.310 e. The van der Waals surface area contributed by atoms with Gasteiger partial charge in [0.2, 0.25) is 0 Å². The highest BCUT2D eigenvalue weighted by molar-refractivity contribution is 5.97. The molecule has 2 heteroatoms. The molecule has 0 N–H and O–H groups in total. The molecule has 0 fully saturated rings. The summed E-state index contributed by atoms with van der Waals surface area (Å²) in [5.74, 6) is 0. The van der Waals surface area contributed by atoms with Crippen molar-refractivity contribution in [2.45, 2.75) is 100 Å². The van der Waals surface area contributed by atoms with Crippen molar-refractivity contribution in [2.75, 3.05) is 9.80 Å². The van der Waals surface area contributed by atoms with Gasteiger partial charge in [0, 0.05) is 34.1 Å². The van der Waals surface area contributed by atoms with Crippen molar-refractivity contribution < 1.29 is 0 Å². The molecule has 2 aliphatic rings. The quantitative estimate of drug-likeness (QED) is 0.135. The van der Waals surface area contributed by atoms with Gasteiger partial charge in [-0.3, -0.25) is 0 Å². The molecule has 8 aromatic rings. The van der Waals surface area contributed by atoms with Gasteiger partial charge in [0.25, 0.3) is 0 Å². The summed E-state index contributed by atoms with van der Waals surface area (Å²) < 4.78 is 0. The first-order valence-electron chi connectivity index (χ1n) is 24.0. The summed E-state index contributed by atoms with van der Waals surface area (Å²) in [4.78, 5) is 5.03. The molecule has 2 nitrogen and oxygen atoms in total. The zero-order chi connectivity index (χ0) is 45.3. The van der Waals surface area contributed by atoms with Crippen LogP contribution < -0.4 is 9.80 Å². The average molecular weight is 847 g/mol. The van der Waals surface area contributed by atoms with Crippen molar-refractivity contribution in [3.05, 3.63) is 223 Å². The van der Waals surface area contributed by atoms with Crippen molar-refractivity contribution in [3.63, 3.8) is 0 Å². The van der Waals surface area contributed by atoms with E-state index in [4.69, 9.17) is 0 Å². The van der Waals surface area contributed by atoms with E-state index in [0.717, 1.165) is 25.7 Å². The smallest absolute Gasteiger partial charge is 0.0727 e. The van der Waals surface area contributed by atoms with Crippen LogP contribution in [-0.4, -0.2) is 0 Å². The summed E-state index contributed by atoms with van der Waals surface area (Å²) in [7, 11) is 0. The Morgan fingerprint density at radius 3 is 1.00 bits per heavy atom. The maximum Gasteiger partial charge on any atom is 0.0727 e. The predicted octanol–water partition coefficient (Wildman–Crippen LogP) is 17.1. The highest BCUT2D eigenvalue weighted by Gasteiger charge is 2.52. The van der Waals surface area contributed by atoms with Crippen LogP contribution in [0.15, 0.2) is 146 Å². The number of anilines is 6. The van der Waals surface area contributed by atoms with Crippen molar-refractivity contribution in [1.82, 2.24) is 0 Å². The Hall–Kier alpha value is -6.64. The van der Waals surface area contributed by atoms with Crippen molar-refractivity contribution >= 4 is 34.1 Å². The highest BCUT2D eigenvalue weighted by atomic mass is 15.1. The first-order valence-corrected chi connectivity index (χ1v) is 24.0. The molecule has 1 spiro atoms. The fourth-order valence-electron chi connectivity index (χ4n) is 11.4. The monoisotopic (exact) mass is 846 g/mol. The van der Waals surface area contributed by atoms with Crippen molar-refractivity contribution in [1.29, 1.82) is 0 Å². The summed E-state index contributed by atoms with van der Waals surface area (Å²) in [5.41, 5.74) is 30.7. The standard InChI is InChI=1S/C63H62N2/c1-11-45-23-25-49(35-47(45)13-3)64(53-31-39(5)43(9)40(6)32-53)51-27-29-57-58-30-28-52(65(54-33-41(7)44(10)42(8)34-54)50-26-24-46(12-2)48(14-4)36-50)38-62(58)63(61(57)37-51)59-21-17-15-19-55(59)56-20-16-18-22-60(56)63/h15-38H,11-14H2,1-10H3. The largest absolute Gasteiger partial charge is 0.310 e. The second kappa shape index (κ2) is 16.4. The molecule has 10 rings (SSSR count). The molecule has 0 saturated heterocycles. The molecule has 2 aliphatic carbocycles. The maximum absolute atomic E-state index is 2.54. The minimum absolute atomic E-state index is 0.541. The molecular formula is C63H62N2. The Labute approximate surface area is 388 Å². The highest BCUT2D eigenvalue weighted by Crippen LogP contribution is 2.64. The van der Waals surface area contributed by atoms with Gasteiger partial charge in [0.05, 0.1) is 5.41 Å². The van der Waals surface area contributed by atoms with Crippen LogP contribution in [0, 0.1) is 41.5 Å². The third-order valence-electron chi connectivity index (χ3n) is 15.3. The molecule has 65 heavy (non-hydrogen) atoms. The number of aryl methyl sites for hydroxylation is 8. The van der Waals surface area contributed by atoms with Gasteiger partial charge >= 0.3 is 0 Å². The third-order valence-corrected chi connectivity index (χ3v) is 15.3. The molecule has 324 valence electrons. The molecule has 0 bridgehead atoms. The van der Waals surface area contributed by atoms with Crippen molar-refractivity contribution in [2.24, 2.45) is 0 Å². The molecule has 8 aromatic carbocycles. The first kappa shape index (κ1) is 42.3. The Bertz CT molecular complexity index is 2920. The van der Waals surface area contributed by atoms with Crippen LogP contribution in [0.4, 0.5) is 34.1 Å². The SMILES string of the molecule is CCc1ccc(N(c2cc(C)c(C)c(C)c2)c2ccc3c(c2)C2(c4ccccc4-c4ccccc42)c2cc(N(c4cc(C)c(C)c(C)c4)c4ccc(CC)c(CC)c4)ccc2-3)cc1CC. The lowest BCUT2D eigenvalue weighted by Crippen LogP contribution is -2.26. The number of hydrogen-bond acceptors (Lipinski definition) is 2. The predicted molar refractivity (Wildman–Crippen MR) is 278 cm³/mol. The van der Waals surface area contributed by atoms with Gasteiger partial charge in [-0.2, -0.15) is 0 Å². The Morgan fingerprint density at radius 2 is 0.631 bits per heavy atom. The molecule has 0 unspecified atom stereocenters. The van der Waals surface area contributed by atoms with Gasteiger partial charge in [-0.1, -0.05) is 100 Å². The number of nitrogens with zero attached hydrogens (tertiary/aromatic N) is 2. The number of rotatable bonds is 10. The van der Waals surface area contributed by atoms with E-state index in [2.05, 4.69) is 225 Å². The van der Waals surface area contributed by atoms with Crippen LogP contribution in [0.2, 0.25) is 0 Å². The second-order valence-electron chi connectivity index (χ2n) is 18.7. The fraction of sp³-hybridized carbons (Fsp3) is 0.238. The van der Waals surface area contributed by atoms with E-state index in [1.807, 2.05) is 0 Å². The third kappa shape index (κ3) is 6.59. The molecule has 0 aliphatic heterocycles. The number of fused-ring (bicyclic) bond motifs is 10. The van der Waals surface area contributed by atoms with Crippen LogP contribution in [-0.2, 0) is 31.1 Å². The van der Waals surface area contributed by atoms with Crippen LogP contribution in [0.1, 0.15) is 106 Å². The molecule has 0 amide bonds. The molecule has 0 saturated carbocycles. The Morgan fingerprint density at radius 1 is 0.308 bits per heavy atom. The average Bonchev–Trinajstić information content (AvgIpc) is 3.79. The number of benzene rings is 8. The molecule has 0 atom stereocenters. The second-order valence-corrected chi connectivity index (χ2v) is 18.7. The van der Waals surface area contributed by atoms with E-state index in [1.165, 1.54) is 134 Å². The first-order chi connectivity index (χ1) is 31.5. The minimum atomic E-state index is -0.541. The summed E-state index contributed by atoms with van der Waals surface area (Å²) in [6.07, 6.45) is 4.04. The lowest BCUT2D eigenvalue weighted by atomic mass is 9.70. The van der Waals surface area contributed by atoms with Gasteiger partial charge in [-0.05, 0) is 240 Å². The normalized spacial score (nSPS) is 12.8. The molecular weight excluding hydrogens is 785 g/mol. The van der Waals surface area contributed by atoms with Crippen LogP contribution in [0.3, 0.4) is 0 Å². The maximum atomic E-state index is 2.54. The van der Waals surface area contributed by atoms with Gasteiger partial charge < -0.3 is 9.80 Å². The van der Waals surface area contributed by atoms with E-state index in [9.17, 15) is 0 Å². The molecule has 0 radical (unpaired) electrons. The Kier molecular flexibility index (Phi) is 10.7. The lowest BCUT2D eigenvalue weighted by molar-refractivity contribution is 0.793. The van der Waals surface area contributed by atoms with E-state index < -0.39 is 5.41 Å². The van der Waals surface area contributed by atoms with E-state index >= 15 is 0 Å². The van der Waals surface area contributed by atoms with Crippen LogP contribution in [0.5, 0.6) is 0 Å². The van der Waals surface area contributed by atoms with Gasteiger partial charge in [-0.25, -0.2) is 0 Å². The topological polar surface area (TPSA) is 6.48 Å². The molecule has 0 aromatic heterocycles. The number of hydrogen-bond donors (Lipinski definition) is 0. The van der Waals surface area contributed by atoms with Gasteiger partial charge in [-0.15, -0.1) is 0 Å². The van der Waals surface area contributed by atoms with Gasteiger partial charge in [0.15, 0.2) is 0 Å². The van der Waals surface area contributed by atoms with E-state index in [0.29, 0.717) is 0 Å². The van der Waals surface area contributed by atoms with E-state index in [-0.39, 0.29) is 0 Å². The Balaban J connectivity index is 1.26. The summed E-state index contributed by atoms with van der Waals surface area (Å²) in [6, 6.07) is 56.8. The van der Waals surface area contributed by atoms with Gasteiger partial charge in [0.1, 0.15) is 0 Å². The summed E-state index contributed by atoms with van der Waals surface area (Å²) in [5, 5.41) is 0. The zero-order valence-electron chi connectivity index (χ0n) is 40.1. The van der Waals surface area contributed by atoms with Crippen LogP contribution >= 0.6 is 0 Å². The fourth-order valence-corrected chi connectivity index (χ4v) is 11.4. The zero-order valence-corrected chi connectivity index (χ0v) is 40.1. The molecule has 0 heterocycles. The van der Waals surface area contributed by atoms with Crippen LogP contribution in [0.25, 0.3) is 22.3 Å². The summed E-state index contributed by atoms with van der Waals surface area (Å²) >= 11 is 0. The van der Waals surface area contributed by atoms with E-state index in [1.54, 1.807) is 0 Å². The van der Waals surface area contributed by atoms with Crippen molar-refractivity contribution in [3.8, 4) is 22.3 Å². The lowest BCUT2D eigenvalue weighted by Gasteiger charge is -2.33. The summed E-state index contributed by atoms with van der Waals surface area (Å²) in [6.45, 7) is 22.6.